The Bertz CT molecular complexity index is 619. The number of aliphatic carboxylic acids is 1. The van der Waals surface area contributed by atoms with Crippen LogP contribution in [0.3, 0.4) is 0 Å². The fourth-order valence-electron chi connectivity index (χ4n) is 1.49. The Labute approximate surface area is 130 Å². The molecular formula is C11H13BrClNO5S. The van der Waals surface area contributed by atoms with Gasteiger partial charge < -0.3 is 9.84 Å². The molecule has 0 heterocycles. The minimum absolute atomic E-state index is 0.0575. The SMILES string of the molecule is CCC(NS(=O)(=O)c1cc(Cl)cc(Br)c1OC)C(=O)O. The Balaban J connectivity index is 3.32. The second-order valence-corrected chi connectivity index (χ2v) is 6.81. The van der Waals surface area contributed by atoms with Crippen LogP contribution in [0.2, 0.25) is 5.02 Å². The zero-order valence-electron chi connectivity index (χ0n) is 10.7. The second-order valence-electron chi connectivity index (χ2n) is 3.84. The fourth-order valence-corrected chi connectivity index (χ4v) is 4.15. The zero-order chi connectivity index (χ0) is 15.5. The van der Waals surface area contributed by atoms with Crippen LogP contribution in [0.4, 0.5) is 0 Å². The summed E-state index contributed by atoms with van der Waals surface area (Å²) in [4.78, 5) is 10.7. The maximum atomic E-state index is 12.3. The highest BCUT2D eigenvalue weighted by Gasteiger charge is 2.27. The number of halogens is 2. The molecule has 0 bridgehead atoms. The average molecular weight is 387 g/mol. The van der Waals surface area contributed by atoms with Crippen molar-refractivity contribution in [2.24, 2.45) is 0 Å². The molecule has 0 saturated heterocycles. The molecule has 1 rings (SSSR count). The molecular weight excluding hydrogens is 374 g/mol. The number of hydrogen-bond acceptors (Lipinski definition) is 4. The first-order valence-corrected chi connectivity index (χ1v) is 8.16. The lowest BCUT2D eigenvalue weighted by atomic mass is 10.2. The van der Waals surface area contributed by atoms with E-state index in [0.717, 1.165) is 0 Å². The molecule has 1 atom stereocenters. The largest absolute Gasteiger partial charge is 0.494 e. The van der Waals surface area contributed by atoms with Gasteiger partial charge in [0.2, 0.25) is 10.0 Å². The van der Waals surface area contributed by atoms with Crippen LogP contribution in [0.1, 0.15) is 13.3 Å². The van der Waals surface area contributed by atoms with Crippen LogP contribution in [-0.4, -0.2) is 32.6 Å². The highest BCUT2D eigenvalue weighted by Crippen LogP contribution is 2.35. The van der Waals surface area contributed by atoms with Gasteiger partial charge in [0.25, 0.3) is 0 Å². The molecule has 0 radical (unpaired) electrons. The summed E-state index contributed by atoms with van der Waals surface area (Å²) in [6.07, 6.45) is 0.110. The fraction of sp³-hybridized carbons (Fsp3) is 0.364. The van der Waals surface area contributed by atoms with E-state index >= 15 is 0 Å². The average Bonchev–Trinajstić information content (AvgIpc) is 2.34. The molecule has 0 spiro atoms. The second kappa shape index (κ2) is 6.75. The van der Waals surface area contributed by atoms with E-state index < -0.39 is 22.0 Å². The summed E-state index contributed by atoms with van der Waals surface area (Å²) >= 11 is 8.97. The molecule has 1 aromatic carbocycles. The number of carboxylic acids is 1. The molecule has 0 aromatic heterocycles. The van der Waals surface area contributed by atoms with Crippen molar-refractivity contribution in [2.75, 3.05) is 7.11 Å². The van der Waals surface area contributed by atoms with Crippen molar-refractivity contribution in [3.63, 3.8) is 0 Å². The van der Waals surface area contributed by atoms with E-state index in [0.29, 0.717) is 4.47 Å². The topological polar surface area (TPSA) is 92.7 Å². The first-order valence-electron chi connectivity index (χ1n) is 5.51. The molecule has 6 nitrogen and oxygen atoms in total. The first-order chi connectivity index (χ1) is 9.22. The van der Waals surface area contributed by atoms with Gasteiger partial charge in [-0.15, -0.1) is 0 Å². The quantitative estimate of drug-likeness (QED) is 0.782. The number of sulfonamides is 1. The predicted octanol–water partition coefficient (Wildman–Crippen LogP) is 2.25. The van der Waals surface area contributed by atoms with Crippen molar-refractivity contribution in [1.29, 1.82) is 0 Å². The van der Waals surface area contributed by atoms with E-state index in [1.807, 2.05) is 0 Å². The van der Waals surface area contributed by atoms with Crippen LogP contribution in [0, 0.1) is 0 Å². The lowest BCUT2D eigenvalue weighted by Gasteiger charge is -2.16. The van der Waals surface area contributed by atoms with Gasteiger partial charge in [-0.25, -0.2) is 8.42 Å². The van der Waals surface area contributed by atoms with E-state index in [4.69, 9.17) is 21.4 Å². The summed E-state index contributed by atoms with van der Waals surface area (Å²) < 4.78 is 32.0. The number of rotatable bonds is 6. The molecule has 0 aliphatic heterocycles. The van der Waals surface area contributed by atoms with Gasteiger partial charge in [-0.05, 0) is 34.5 Å². The van der Waals surface area contributed by atoms with Crippen molar-refractivity contribution in [3.8, 4) is 5.75 Å². The summed E-state index contributed by atoms with van der Waals surface area (Å²) in [5.74, 6) is -1.20. The molecule has 0 amide bonds. The molecule has 0 fully saturated rings. The molecule has 112 valence electrons. The van der Waals surface area contributed by atoms with Crippen molar-refractivity contribution in [2.45, 2.75) is 24.3 Å². The number of ether oxygens (including phenoxy) is 1. The van der Waals surface area contributed by atoms with Crippen LogP contribution in [0.5, 0.6) is 5.75 Å². The van der Waals surface area contributed by atoms with Gasteiger partial charge in [0.05, 0.1) is 11.6 Å². The minimum atomic E-state index is -4.07. The Kier molecular flexibility index (Phi) is 5.81. The Morgan fingerprint density at radius 1 is 1.55 bits per heavy atom. The summed E-state index contributed by atoms with van der Waals surface area (Å²) in [6, 6.07) is 1.46. The third-order valence-electron chi connectivity index (χ3n) is 2.47. The molecule has 1 aromatic rings. The van der Waals surface area contributed by atoms with E-state index in [2.05, 4.69) is 20.7 Å². The summed E-state index contributed by atoms with van der Waals surface area (Å²) in [5.41, 5.74) is 0. The summed E-state index contributed by atoms with van der Waals surface area (Å²) in [7, 11) is -2.77. The predicted molar refractivity (Wildman–Crippen MR) is 77.7 cm³/mol. The highest BCUT2D eigenvalue weighted by atomic mass is 79.9. The van der Waals surface area contributed by atoms with Crippen molar-refractivity contribution in [3.05, 3.63) is 21.6 Å². The number of benzene rings is 1. The van der Waals surface area contributed by atoms with Gasteiger partial charge in [0.1, 0.15) is 10.9 Å². The van der Waals surface area contributed by atoms with Crippen LogP contribution in [-0.2, 0) is 14.8 Å². The lowest BCUT2D eigenvalue weighted by Crippen LogP contribution is -2.40. The smallest absolute Gasteiger partial charge is 0.321 e. The number of carboxylic acid groups (broad SMARTS) is 1. The number of carbonyl (C=O) groups is 1. The van der Waals surface area contributed by atoms with Crippen molar-refractivity contribution >= 4 is 43.5 Å². The molecule has 0 aliphatic rings. The number of methoxy groups -OCH3 is 1. The van der Waals surface area contributed by atoms with Gasteiger partial charge in [-0.3, -0.25) is 4.79 Å². The summed E-state index contributed by atoms with van der Waals surface area (Å²) in [6.45, 7) is 1.56. The number of nitrogens with one attached hydrogen (secondary N) is 1. The normalized spacial score (nSPS) is 13.0. The Morgan fingerprint density at radius 2 is 2.15 bits per heavy atom. The first kappa shape index (κ1) is 17.2. The lowest BCUT2D eigenvalue weighted by molar-refractivity contribution is -0.139. The van der Waals surface area contributed by atoms with Crippen molar-refractivity contribution in [1.82, 2.24) is 4.72 Å². The van der Waals surface area contributed by atoms with Crippen LogP contribution in [0.25, 0.3) is 0 Å². The number of hydrogen-bond donors (Lipinski definition) is 2. The van der Waals surface area contributed by atoms with Crippen LogP contribution >= 0.6 is 27.5 Å². The third-order valence-corrected chi connectivity index (χ3v) is 4.76. The molecule has 0 saturated carbocycles. The zero-order valence-corrected chi connectivity index (χ0v) is 13.8. The van der Waals surface area contributed by atoms with E-state index in [-0.39, 0.29) is 22.1 Å². The molecule has 0 aliphatic carbocycles. The molecule has 20 heavy (non-hydrogen) atoms. The Hall–Kier alpha value is -0.830. The summed E-state index contributed by atoms with van der Waals surface area (Å²) in [5, 5.41) is 9.11. The highest BCUT2D eigenvalue weighted by molar-refractivity contribution is 9.10. The van der Waals surface area contributed by atoms with E-state index in [9.17, 15) is 13.2 Å². The molecule has 1 unspecified atom stereocenters. The maximum absolute atomic E-state index is 12.3. The maximum Gasteiger partial charge on any atom is 0.321 e. The standard InChI is InChI=1S/C11H13BrClNO5S/c1-3-8(11(15)16)14-20(17,18)9-5-6(13)4-7(12)10(9)19-2/h4-5,8,14H,3H2,1-2H3,(H,15,16). The van der Waals surface area contributed by atoms with Gasteiger partial charge >= 0.3 is 5.97 Å². The van der Waals surface area contributed by atoms with Gasteiger partial charge in [0.15, 0.2) is 5.75 Å². The molecule has 2 N–H and O–H groups in total. The van der Waals surface area contributed by atoms with E-state index in [1.54, 1.807) is 6.92 Å². The Morgan fingerprint density at radius 3 is 2.60 bits per heavy atom. The van der Waals surface area contributed by atoms with Crippen molar-refractivity contribution < 1.29 is 23.1 Å². The van der Waals surface area contributed by atoms with E-state index in [1.165, 1.54) is 19.2 Å². The van der Waals surface area contributed by atoms with Gasteiger partial charge in [0, 0.05) is 5.02 Å². The van der Waals surface area contributed by atoms with Crippen LogP contribution in [0.15, 0.2) is 21.5 Å². The van der Waals surface area contributed by atoms with Crippen LogP contribution < -0.4 is 9.46 Å². The monoisotopic (exact) mass is 385 g/mol. The van der Waals surface area contributed by atoms with Gasteiger partial charge in [-0.1, -0.05) is 18.5 Å². The van der Waals surface area contributed by atoms with Gasteiger partial charge in [-0.2, -0.15) is 4.72 Å². The molecule has 9 heteroatoms. The third kappa shape index (κ3) is 3.85. The minimum Gasteiger partial charge on any atom is -0.494 e.